The largest absolute Gasteiger partial charge is 0.249 e. The van der Waals surface area contributed by atoms with Crippen LogP contribution in [-0.2, 0) is 0 Å². The van der Waals surface area contributed by atoms with E-state index in [4.69, 9.17) is 0 Å². The van der Waals surface area contributed by atoms with Crippen molar-refractivity contribution in [2.45, 2.75) is 19.4 Å². The zero-order valence-corrected chi connectivity index (χ0v) is 8.76. The molecule has 1 unspecified atom stereocenters. The molecular formula is C10H14FNS. The summed E-state index contributed by atoms with van der Waals surface area (Å²) >= 11 is 4.20. The molecule has 0 amide bonds. The molecule has 3 heteroatoms. The van der Waals surface area contributed by atoms with E-state index in [0.29, 0.717) is 5.56 Å². The second-order valence-electron chi connectivity index (χ2n) is 3.02. The molecule has 0 aromatic heterocycles. The van der Waals surface area contributed by atoms with Crippen LogP contribution in [0.2, 0.25) is 0 Å². The molecule has 0 fully saturated rings. The van der Waals surface area contributed by atoms with Gasteiger partial charge in [0.1, 0.15) is 5.82 Å². The lowest BCUT2D eigenvalue weighted by molar-refractivity contribution is 0.398. The molecule has 0 aliphatic carbocycles. The number of halogens is 1. The average molecular weight is 199 g/mol. The van der Waals surface area contributed by atoms with E-state index in [9.17, 15) is 4.39 Å². The van der Waals surface area contributed by atoms with Crippen LogP contribution in [0.5, 0.6) is 0 Å². The first-order valence-electron chi connectivity index (χ1n) is 4.33. The Bertz CT molecular complexity index is 275. The van der Waals surface area contributed by atoms with E-state index < -0.39 is 0 Å². The molecule has 0 aliphatic heterocycles. The summed E-state index contributed by atoms with van der Waals surface area (Å²) in [6.45, 7) is 2.02. The van der Waals surface area contributed by atoms with Gasteiger partial charge in [-0.05, 0) is 19.5 Å². The lowest BCUT2D eigenvalue weighted by Gasteiger charge is -2.22. The maximum atomic E-state index is 13.3. The number of rotatable bonds is 3. The zero-order valence-electron chi connectivity index (χ0n) is 7.87. The molecule has 72 valence electrons. The summed E-state index contributed by atoms with van der Waals surface area (Å²) in [7, 11) is 1.84. The Hall–Kier alpha value is -0.540. The van der Waals surface area contributed by atoms with Gasteiger partial charge in [-0.25, -0.2) is 8.70 Å². The number of benzene rings is 1. The fourth-order valence-electron chi connectivity index (χ4n) is 1.43. The van der Waals surface area contributed by atoms with E-state index in [1.54, 1.807) is 16.4 Å². The predicted molar refractivity (Wildman–Crippen MR) is 56.2 cm³/mol. The van der Waals surface area contributed by atoms with Crippen molar-refractivity contribution in [3.05, 3.63) is 35.6 Å². The summed E-state index contributed by atoms with van der Waals surface area (Å²) in [5.74, 6) is -0.157. The number of hydrogen-bond donors (Lipinski definition) is 1. The lowest BCUT2D eigenvalue weighted by Crippen LogP contribution is -2.15. The van der Waals surface area contributed by atoms with Crippen molar-refractivity contribution in [3.63, 3.8) is 0 Å². The standard InChI is InChI=1S/C10H14FNS/c1-3-10(12(2)13)8-6-4-5-7-9(8)11/h4-7,10,13H,3H2,1-2H3. The normalized spacial score (nSPS) is 13.3. The lowest BCUT2D eigenvalue weighted by atomic mass is 10.0. The Morgan fingerprint density at radius 2 is 2.08 bits per heavy atom. The predicted octanol–water partition coefficient (Wildman–Crippen LogP) is 3.05. The van der Waals surface area contributed by atoms with Crippen molar-refractivity contribution < 1.29 is 4.39 Å². The molecule has 0 radical (unpaired) electrons. The Labute approximate surface area is 84.1 Å². The van der Waals surface area contributed by atoms with Gasteiger partial charge >= 0.3 is 0 Å². The highest BCUT2D eigenvalue weighted by Gasteiger charge is 2.15. The van der Waals surface area contributed by atoms with Crippen LogP contribution in [-0.4, -0.2) is 11.4 Å². The summed E-state index contributed by atoms with van der Waals surface area (Å²) in [4.78, 5) is 0. The summed E-state index contributed by atoms with van der Waals surface area (Å²) in [6.07, 6.45) is 0.848. The van der Waals surface area contributed by atoms with Crippen molar-refractivity contribution in [1.29, 1.82) is 0 Å². The third-order valence-corrected chi connectivity index (χ3v) is 2.38. The summed E-state index contributed by atoms with van der Waals surface area (Å²) in [5.41, 5.74) is 0.711. The first-order chi connectivity index (χ1) is 6.16. The number of hydrogen-bond acceptors (Lipinski definition) is 2. The van der Waals surface area contributed by atoms with Crippen LogP contribution in [0.3, 0.4) is 0 Å². The molecule has 0 bridgehead atoms. The minimum atomic E-state index is -0.157. The van der Waals surface area contributed by atoms with Crippen molar-refractivity contribution in [2.75, 3.05) is 7.05 Å². The molecular weight excluding hydrogens is 185 g/mol. The van der Waals surface area contributed by atoms with Gasteiger partial charge in [0.2, 0.25) is 0 Å². The summed E-state index contributed by atoms with van der Waals surface area (Å²) in [5, 5.41) is 0. The van der Waals surface area contributed by atoms with Gasteiger partial charge in [-0.2, -0.15) is 0 Å². The highest BCUT2D eigenvalue weighted by molar-refractivity contribution is 7.77. The van der Waals surface area contributed by atoms with Gasteiger partial charge < -0.3 is 0 Å². The van der Waals surface area contributed by atoms with E-state index >= 15 is 0 Å². The van der Waals surface area contributed by atoms with Gasteiger partial charge in [-0.15, -0.1) is 0 Å². The highest BCUT2D eigenvalue weighted by Crippen LogP contribution is 2.25. The topological polar surface area (TPSA) is 3.24 Å². The van der Waals surface area contributed by atoms with Gasteiger partial charge in [0, 0.05) is 11.6 Å². The third kappa shape index (κ3) is 2.45. The van der Waals surface area contributed by atoms with Gasteiger partial charge in [-0.3, -0.25) is 0 Å². The monoisotopic (exact) mass is 199 g/mol. The Kier molecular flexibility index (Phi) is 3.75. The number of nitrogens with zero attached hydrogens (tertiary/aromatic N) is 1. The molecule has 1 nitrogen and oxygen atoms in total. The van der Waals surface area contributed by atoms with Crippen molar-refractivity contribution in [1.82, 2.24) is 4.31 Å². The van der Waals surface area contributed by atoms with Crippen LogP contribution in [0.25, 0.3) is 0 Å². The van der Waals surface area contributed by atoms with Crippen LogP contribution >= 0.6 is 12.8 Å². The van der Waals surface area contributed by atoms with E-state index in [2.05, 4.69) is 12.8 Å². The van der Waals surface area contributed by atoms with E-state index in [1.165, 1.54) is 6.07 Å². The summed E-state index contributed by atoms with van der Waals surface area (Å²) < 4.78 is 15.1. The van der Waals surface area contributed by atoms with E-state index in [0.717, 1.165) is 6.42 Å². The fraction of sp³-hybridized carbons (Fsp3) is 0.400. The number of thiol groups is 1. The van der Waals surface area contributed by atoms with Crippen LogP contribution in [0, 0.1) is 5.82 Å². The van der Waals surface area contributed by atoms with E-state index in [-0.39, 0.29) is 11.9 Å². The van der Waals surface area contributed by atoms with Crippen LogP contribution < -0.4 is 0 Å². The average Bonchev–Trinajstić information content (AvgIpc) is 2.09. The van der Waals surface area contributed by atoms with Crippen molar-refractivity contribution in [3.8, 4) is 0 Å². The summed E-state index contributed by atoms with van der Waals surface area (Å²) in [6, 6.07) is 6.87. The molecule has 0 aliphatic rings. The SMILES string of the molecule is CCC(c1ccccc1F)N(C)S. The second-order valence-corrected chi connectivity index (χ2v) is 3.65. The van der Waals surface area contributed by atoms with Crippen LogP contribution in [0.4, 0.5) is 4.39 Å². The molecule has 1 aromatic carbocycles. The molecule has 1 aromatic rings. The molecule has 0 saturated carbocycles. The minimum Gasteiger partial charge on any atom is -0.249 e. The fourth-order valence-corrected chi connectivity index (χ4v) is 1.72. The Morgan fingerprint density at radius 1 is 1.46 bits per heavy atom. The molecule has 1 atom stereocenters. The van der Waals surface area contributed by atoms with Crippen LogP contribution in [0.15, 0.2) is 24.3 Å². The van der Waals surface area contributed by atoms with Gasteiger partial charge in [0.05, 0.1) is 0 Å². The quantitative estimate of drug-likeness (QED) is 0.732. The first kappa shape index (κ1) is 10.5. The maximum absolute atomic E-state index is 13.3. The third-order valence-electron chi connectivity index (χ3n) is 2.10. The van der Waals surface area contributed by atoms with Gasteiger partial charge in [-0.1, -0.05) is 37.9 Å². The highest BCUT2D eigenvalue weighted by atomic mass is 32.1. The first-order valence-corrected chi connectivity index (χ1v) is 4.73. The molecule has 0 heterocycles. The van der Waals surface area contributed by atoms with Crippen molar-refractivity contribution >= 4 is 12.8 Å². The second kappa shape index (κ2) is 4.63. The Morgan fingerprint density at radius 3 is 2.54 bits per heavy atom. The molecule has 13 heavy (non-hydrogen) atoms. The molecule has 0 N–H and O–H groups in total. The Balaban J connectivity index is 2.97. The van der Waals surface area contributed by atoms with Crippen molar-refractivity contribution in [2.24, 2.45) is 0 Å². The molecule has 0 saturated heterocycles. The zero-order chi connectivity index (χ0) is 9.84. The molecule has 1 rings (SSSR count). The smallest absolute Gasteiger partial charge is 0.128 e. The van der Waals surface area contributed by atoms with Gasteiger partial charge in [0.15, 0.2) is 0 Å². The van der Waals surface area contributed by atoms with Crippen LogP contribution in [0.1, 0.15) is 24.9 Å². The maximum Gasteiger partial charge on any atom is 0.128 e. The molecule has 0 spiro atoms. The van der Waals surface area contributed by atoms with E-state index in [1.807, 2.05) is 20.0 Å². The van der Waals surface area contributed by atoms with Gasteiger partial charge in [0.25, 0.3) is 0 Å². The minimum absolute atomic E-state index is 0.0459.